The minimum Gasteiger partial charge on any atom is -0.481 e. The number of amides is 1. The van der Waals surface area contributed by atoms with Crippen molar-refractivity contribution in [2.45, 2.75) is 13.3 Å². The summed E-state index contributed by atoms with van der Waals surface area (Å²) in [6.07, 6.45) is -0.0688. The highest BCUT2D eigenvalue weighted by Gasteiger charge is 2.21. The van der Waals surface area contributed by atoms with E-state index in [0.717, 1.165) is 10.6 Å². The number of aliphatic carboxylic acids is 1. The van der Waals surface area contributed by atoms with Gasteiger partial charge >= 0.3 is 5.97 Å². The zero-order valence-corrected chi connectivity index (χ0v) is 12.7. The van der Waals surface area contributed by atoms with Crippen LogP contribution in [0.5, 0.6) is 0 Å². The molecule has 5 nitrogen and oxygen atoms in total. The fraction of sp³-hybridized carbons (Fsp3) is 0.267. The van der Waals surface area contributed by atoms with Crippen molar-refractivity contribution in [1.82, 2.24) is 9.88 Å². The molecule has 110 valence electrons. The molecule has 2 rings (SSSR count). The molecular formula is C15H16N2O3S. The van der Waals surface area contributed by atoms with Gasteiger partial charge in [0.25, 0.3) is 5.91 Å². The molecular weight excluding hydrogens is 288 g/mol. The number of hydrogen-bond donors (Lipinski definition) is 1. The Kier molecular flexibility index (Phi) is 4.70. The first-order valence-corrected chi connectivity index (χ1v) is 7.31. The average molecular weight is 304 g/mol. The van der Waals surface area contributed by atoms with Gasteiger partial charge in [0.2, 0.25) is 0 Å². The van der Waals surface area contributed by atoms with E-state index in [1.165, 1.54) is 16.2 Å². The third-order valence-corrected chi connectivity index (χ3v) is 3.94. The van der Waals surface area contributed by atoms with E-state index in [4.69, 9.17) is 5.11 Å². The van der Waals surface area contributed by atoms with E-state index >= 15 is 0 Å². The van der Waals surface area contributed by atoms with Gasteiger partial charge in [0.05, 0.1) is 17.1 Å². The zero-order valence-electron chi connectivity index (χ0n) is 11.9. The van der Waals surface area contributed by atoms with E-state index in [0.29, 0.717) is 10.6 Å². The van der Waals surface area contributed by atoms with Crippen molar-refractivity contribution in [1.29, 1.82) is 0 Å². The lowest BCUT2D eigenvalue weighted by Crippen LogP contribution is -2.28. The van der Waals surface area contributed by atoms with Crippen molar-refractivity contribution in [2.75, 3.05) is 13.6 Å². The number of nitrogens with zero attached hydrogens (tertiary/aromatic N) is 2. The first-order chi connectivity index (χ1) is 9.99. The van der Waals surface area contributed by atoms with Crippen LogP contribution in [0.15, 0.2) is 30.3 Å². The number of aromatic nitrogens is 1. The van der Waals surface area contributed by atoms with Crippen molar-refractivity contribution < 1.29 is 14.7 Å². The Bertz CT molecular complexity index is 652. The Hall–Kier alpha value is -2.21. The van der Waals surface area contributed by atoms with Crippen LogP contribution in [-0.4, -0.2) is 40.5 Å². The Labute approximate surface area is 126 Å². The van der Waals surface area contributed by atoms with Crippen LogP contribution in [0.25, 0.3) is 11.3 Å². The van der Waals surface area contributed by atoms with Crippen molar-refractivity contribution in [3.8, 4) is 11.3 Å². The molecule has 0 saturated carbocycles. The summed E-state index contributed by atoms with van der Waals surface area (Å²) >= 11 is 1.33. The van der Waals surface area contributed by atoms with Crippen LogP contribution < -0.4 is 0 Å². The fourth-order valence-corrected chi connectivity index (χ4v) is 2.84. The summed E-state index contributed by atoms with van der Waals surface area (Å²) in [5.74, 6) is -1.11. The molecule has 1 N–H and O–H groups in total. The van der Waals surface area contributed by atoms with Crippen LogP contribution in [0.1, 0.15) is 21.1 Å². The lowest BCUT2D eigenvalue weighted by Gasteiger charge is -2.15. The minimum atomic E-state index is -0.918. The van der Waals surface area contributed by atoms with Crippen LogP contribution in [0.3, 0.4) is 0 Å². The van der Waals surface area contributed by atoms with Crippen molar-refractivity contribution in [2.24, 2.45) is 0 Å². The van der Waals surface area contributed by atoms with E-state index in [2.05, 4.69) is 4.98 Å². The summed E-state index contributed by atoms with van der Waals surface area (Å²) < 4.78 is 0. The molecule has 0 saturated heterocycles. The van der Waals surface area contributed by atoms with Crippen LogP contribution in [0, 0.1) is 6.92 Å². The van der Waals surface area contributed by atoms with Gasteiger partial charge in [-0.25, -0.2) is 4.98 Å². The summed E-state index contributed by atoms with van der Waals surface area (Å²) in [5, 5.41) is 9.51. The average Bonchev–Trinajstić information content (AvgIpc) is 2.86. The lowest BCUT2D eigenvalue weighted by atomic mass is 10.1. The van der Waals surface area contributed by atoms with Gasteiger partial charge in [-0.05, 0) is 6.92 Å². The molecule has 0 aliphatic rings. The van der Waals surface area contributed by atoms with E-state index in [9.17, 15) is 9.59 Å². The molecule has 0 unspecified atom stereocenters. The number of carbonyl (C=O) groups excluding carboxylic acids is 1. The van der Waals surface area contributed by atoms with E-state index < -0.39 is 5.97 Å². The molecule has 0 fully saturated rings. The summed E-state index contributed by atoms with van der Waals surface area (Å²) in [6.45, 7) is 2.03. The summed E-state index contributed by atoms with van der Waals surface area (Å²) in [7, 11) is 1.61. The third kappa shape index (κ3) is 3.66. The van der Waals surface area contributed by atoms with Gasteiger partial charge < -0.3 is 10.0 Å². The second-order valence-corrected chi connectivity index (χ2v) is 5.85. The van der Waals surface area contributed by atoms with Gasteiger partial charge in [-0.15, -0.1) is 11.3 Å². The Morgan fingerprint density at radius 2 is 1.95 bits per heavy atom. The molecule has 6 heteroatoms. The Balaban J connectivity index is 2.28. The number of rotatable bonds is 5. The molecule has 0 bridgehead atoms. The molecule has 0 atom stereocenters. The monoisotopic (exact) mass is 304 g/mol. The smallest absolute Gasteiger partial charge is 0.305 e. The molecule has 1 aromatic carbocycles. The highest BCUT2D eigenvalue weighted by atomic mass is 32.1. The molecule has 21 heavy (non-hydrogen) atoms. The highest BCUT2D eigenvalue weighted by Crippen LogP contribution is 2.28. The maximum atomic E-state index is 12.5. The maximum absolute atomic E-state index is 12.5. The van der Waals surface area contributed by atoms with E-state index in [-0.39, 0.29) is 18.9 Å². The Morgan fingerprint density at radius 3 is 2.57 bits per heavy atom. The molecule has 2 aromatic rings. The summed E-state index contributed by atoms with van der Waals surface area (Å²) in [4.78, 5) is 29.5. The SMILES string of the molecule is Cc1nc(-c2ccccc2)c(C(=O)N(C)CCC(=O)O)s1. The van der Waals surface area contributed by atoms with E-state index in [1.807, 2.05) is 37.3 Å². The fourth-order valence-electron chi connectivity index (χ4n) is 1.90. The first kappa shape index (κ1) is 15.2. The van der Waals surface area contributed by atoms with Gasteiger partial charge in [-0.1, -0.05) is 30.3 Å². The number of carboxylic acids is 1. The molecule has 1 aromatic heterocycles. The van der Waals surface area contributed by atoms with Gasteiger partial charge in [-0.2, -0.15) is 0 Å². The molecule has 0 radical (unpaired) electrons. The lowest BCUT2D eigenvalue weighted by molar-refractivity contribution is -0.137. The molecule has 0 aliphatic heterocycles. The predicted molar refractivity (Wildman–Crippen MR) is 81.5 cm³/mol. The Morgan fingerprint density at radius 1 is 1.29 bits per heavy atom. The first-order valence-electron chi connectivity index (χ1n) is 6.49. The molecule has 1 amide bonds. The maximum Gasteiger partial charge on any atom is 0.305 e. The number of hydrogen-bond acceptors (Lipinski definition) is 4. The normalized spacial score (nSPS) is 10.4. The van der Waals surface area contributed by atoms with Gasteiger partial charge in [0.15, 0.2) is 0 Å². The quantitative estimate of drug-likeness (QED) is 0.922. The summed E-state index contributed by atoms with van der Waals surface area (Å²) in [5.41, 5.74) is 1.54. The van der Waals surface area contributed by atoms with Gasteiger partial charge in [-0.3, -0.25) is 9.59 Å². The number of aryl methyl sites for hydroxylation is 1. The second-order valence-electron chi connectivity index (χ2n) is 4.65. The van der Waals surface area contributed by atoms with Crippen LogP contribution in [-0.2, 0) is 4.79 Å². The third-order valence-electron chi connectivity index (χ3n) is 2.98. The molecule has 1 heterocycles. The van der Waals surface area contributed by atoms with E-state index in [1.54, 1.807) is 7.05 Å². The predicted octanol–water partition coefficient (Wildman–Crippen LogP) is 2.67. The van der Waals surface area contributed by atoms with Crippen LogP contribution in [0.2, 0.25) is 0 Å². The number of carboxylic acid groups (broad SMARTS) is 1. The van der Waals surface area contributed by atoms with Crippen LogP contribution in [0.4, 0.5) is 0 Å². The molecule has 0 aliphatic carbocycles. The largest absolute Gasteiger partial charge is 0.481 e. The summed E-state index contributed by atoms with van der Waals surface area (Å²) in [6, 6.07) is 9.51. The number of carbonyl (C=O) groups is 2. The number of thiazole rings is 1. The van der Waals surface area contributed by atoms with Gasteiger partial charge in [0, 0.05) is 19.2 Å². The standard InChI is InChI=1S/C15H16N2O3S/c1-10-16-13(11-6-4-3-5-7-11)14(21-10)15(20)17(2)9-8-12(18)19/h3-7H,8-9H2,1-2H3,(H,18,19). The zero-order chi connectivity index (χ0) is 15.4. The topological polar surface area (TPSA) is 70.5 Å². The molecule has 0 spiro atoms. The van der Waals surface area contributed by atoms with Gasteiger partial charge in [0.1, 0.15) is 4.88 Å². The van der Waals surface area contributed by atoms with Crippen molar-refractivity contribution in [3.05, 3.63) is 40.2 Å². The van der Waals surface area contributed by atoms with Crippen LogP contribution >= 0.6 is 11.3 Å². The minimum absolute atomic E-state index is 0.0688. The highest BCUT2D eigenvalue weighted by molar-refractivity contribution is 7.14. The van der Waals surface area contributed by atoms with Crippen molar-refractivity contribution >= 4 is 23.2 Å². The van der Waals surface area contributed by atoms with Crippen molar-refractivity contribution in [3.63, 3.8) is 0 Å². The number of benzene rings is 1. The second kappa shape index (κ2) is 6.49.